The summed E-state index contributed by atoms with van der Waals surface area (Å²) in [5, 5.41) is 1.77. The van der Waals surface area contributed by atoms with Crippen molar-refractivity contribution in [1.29, 1.82) is 0 Å². The van der Waals surface area contributed by atoms with Crippen LogP contribution in [0, 0.1) is 17.8 Å². The maximum absolute atomic E-state index is 11.8. The molecule has 2 aromatic heterocycles. The summed E-state index contributed by atoms with van der Waals surface area (Å²) in [5.74, 6) is 3.65. The Morgan fingerprint density at radius 3 is 3.05 bits per heavy atom. The number of H-pyrrole nitrogens is 1. The van der Waals surface area contributed by atoms with E-state index in [-0.39, 0.29) is 4.87 Å². The normalized spacial score (nSPS) is 37.9. The molecule has 3 aliphatic rings. The molecular weight excluding hydrogens is 290 g/mol. The summed E-state index contributed by atoms with van der Waals surface area (Å²) in [5.41, 5.74) is 0. The fourth-order valence-corrected chi connectivity index (χ4v) is 7.51. The Bertz CT molecular complexity index is 702. The van der Waals surface area contributed by atoms with Crippen molar-refractivity contribution in [2.75, 3.05) is 0 Å². The molecule has 3 nitrogen and oxygen atoms in total. The van der Waals surface area contributed by atoms with Gasteiger partial charge in [0.05, 0.1) is 22.1 Å². The van der Waals surface area contributed by atoms with Gasteiger partial charge in [0.1, 0.15) is 5.76 Å². The molecule has 1 aliphatic heterocycles. The van der Waals surface area contributed by atoms with Crippen LogP contribution in [-0.2, 0) is 0 Å². The highest BCUT2D eigenvalue weighted by Crippen LogP contribution is 2.63. The van der Waals surface area contributed by atoms with Crippen LogP contribution in [-0.4, -0.2) is 10.2 Å². The molecule has 2 fully saturated rings. The van der Waals surface area contributed by atoms with Crippen molar-refractivity contribution in [2.45, 2.75) is 35.5 Å². The van der Waals surface area contributed by atoms with E-state index in [0.29, 0.717) is 17.1 Å². The topological polar surface area (TPSA) is 46.0 Å². The van der Waals surface area contributed by atoms with Crippen molar-refractivity contribution in [3.63, 3.8) is 0 Å². The lowest BCUT2D eigenvalue weighted by Gasteiger charge is -2.38. The molecule has 20 heavy (non-hydrogen) atoms. The Hall–Kier alpha value is -0.940. The SMILES string of the molecule is O=c1[nH]c2c(s1)[C@@H](c1ccco1)[C@@H]1[C@@H]3CC[C@@H](C3)[C@@H]1S2. The predicted octanol–water partition coefficient (Wildman–Crippen LogP) is 3.68. The number of hydrogen-bond acceptors (Lipinski definition) is 4. The first-order valence-electron chi connectivity index (χ1n) is 7.24. The average molecular weight is 305 g/mol. The number of aromatic nitrogens is 1. The van der Waals surface area contributed by atoms with Crippen LogP contribution in [0.1, 0.15) is 35.8 Å². The predicted molar refractivity (Wildman–Crippen MR) is 79.5 cm³/mol. The van der Waals surface area contributed by atoms with Crippen molar-refractivity contribution in [1.82, 2.24) is 4.98 Å². The number of rotatable bonds is 1. The molecule has 2 aliphatic carbocycles. The van der Waals surface area contributed by atoms with Crippen LogP contribution in [0.4, 0.5) is 0 Å². The largest absolute Gasteiger partial charge is 0.469 e. The number of fused-ring (bicyclic) bond motifs is 6. The van der Waals surface area contributed by atoms with Crippen molar-refractivity contribution in [2.24, 2.45) is 17.8 Å². The molecule has 5 atom stereocenters. The minimum absolute atomic E-state index is 0.0753. The Balaban J connectivity index is 1.71. The van der Waals surface area contributed by atoms with Crippen LogP contribution in [0.2, 0.25) is 0 Å². The van der Waals surface area contributed by atoms with Crippen LogP contribution in [0.5, 0.6) is 0 Å². The lowest BCUT2D eigenvalue weighted by atomic mass is 9.77. The second-order valence-electron chi connectivity index (χ2n) is 6.19. The minimum Gasteiger partial charge on any atom is -0.469 e. The van der Waals surface area contributed by atoms with Gasteiger partial charge in [-0.25, -0.2) is 0 Å². The third-order valence-corrected chi connectivity index (χ3v) is 7.94. The van der Waals surface area contributed by atoms with Crippen molar-refractivity contribution >= 4 is 23.1 Å². The third-order valence-electron chi connectivity index (χ3n) is 5.32. The van der Waals surface area contributed by atoms with Gasteiger partial charge in [0.2, 0.25) is 0 Å². The summed E-state index contributed by atoms with van der Waals surface area (Å²) in [6.07, 6.45) is 5.86. The highest BCUT2D eigenvalue weighted by Gasteiger charge is 2.55. The van der Waals surface area contributed by atoms with Gasteiger partial charge in [-0.05, 0) is 49.1 Å². The van der Waals surface area contributed by atoms with Gasteiger partial charge >= 0.3 is 4.87 Å². The molecule has 5 rings (SSSR count). The minimum atomic E-state index is 0.0753. The van der Waals surface area contributed by atoms with Gasteiger partial charge < -0.3 is 9.40 Å². The monoisotopic (exact) mass is 305 g/mol. The number of furan rings is 1. The van der Waals surface area contributed by atoms with E-state index in [1.807, 2.05) is 17.8 Å². The molecule has 0 unspecified atom stereocenters. The van der Waals surface area contributed by atoms with Gasteiger partial charge in [-0.3, -0.25) is 4.79 Å². The lowest BCUT2D eigenvalue weighted by Crippen LogP contribution is -2.33. The fraction of sp³-hybridized carbons (Fsp3) is 0.533. The molecule has 104 valence electrons. The molecule has 0 aromatic carbocycles. The van der Waals surface area contributed by atoms with Crippen LogP contribution in [0.15, 0.2) is 32.6 Å². The molecule has 5 heteroatoms. The molecule has 0 amide bonds. The summed E-state index contributed by atoms with van der Waals surface area (Å²) < 4.78 is 5.74. The van der Waals surface area contributed by atoms with Crippen molar-refractivity contribution in [3.05, 3.63) is 38.7 Å². The van der Waals surface area contributed by atoms with Gasteiger partial charge in [0.15, 0.2) is 0 Å². The number of aromatic amines is 1. The molecular formula is C15H15NO2S2. The van der Waals surface area contributed by atoms with Gasteiger partial charge in [0, 0.05) is 5.25 Å². The van der Waals surface area contributed by atoms with E-state index in [1.54, 1.807) is 6.26 Å². The third kappa shape index (κ3) is 1.45. The van der Waals surface area contributed by atoms with E-state index in [0.717, 1.165) is 22.6 Å². The Morgan fingerprint density at radius 2 is 2.20 bits per heavy atom. The lowest BCUT2D eigenvalue weighted by molar-refractivity contribution is 0.283. The quantitative estimate of drug-likeness (QED) is 0.874. The first-order chi connectivity index (χ1) is 9.81. The average Bonchev–Trinajstić information content (AvgIpc) is 3.19. The first-order valence-corrected chi connectivity index (χ1v) is 8.94. The van der Waals surface area contributed by atoms with Crippen LogP contribution in [0.25, 0.3) is 0 Å². The summed E-state index contributed by atoms with van der Waals surface area (Å²) in [6, 6.07) is 4.05. The zero-order valence-corrected chi connectivity index (χ0v) is 12.5. The second-order valence-corrected chi connectivity index (χ2v) is 8.40. The maximum atomic E-state index is 11.8. The highest BCUT2D eigenvalue weighted by atomic mass is 32.2. The summed E-state index contributed by atoms with van der Waals surface area (Å²) >= 11 is 3.31. The summed E-state index contributed by atoms with van der Waals surface area (Å²) in [7, 11) is 0. The van der Waals surface area contributed by atoms with Gasteiger partial charge in [0.25, 0.3) is 0 Å². The van der Waals surface area contributed by atoms with Gasteiger partial charge in [-0.2, -0.15) is 0 Å². The smallest absolute Gasteiger partial charge is 0.305 e. The number of thiazole rings is 1. The maximum Gasteiger partial charge on any atom is 0.305 e. The van der Waals surface area contributed by atoms with E-state index >= 15 is 0 Å². The summed E-state index contributed by atoms with van der Waals surface area (Å²) in [4.78, 5) is 16.1. The van der Waals surface area contributed by atoms with E-state index in [9.17, 15) is 4.79 Å². The van der Waals surface area contributed by atoms with Crippen molar-refractivity contribution < 1.29 is 4.42 Å². The zero-order chi connectivity index (χ0) is 13.3. The second kappa shape index (κ2) is 4.04. The molecule has 0 spiro atoms. The molecule has 2 bridgehead atoms. The molecule has 2 aromatic rings. The van der Waals surface area contributed by atoms with E-state index < -0.39 is 0 Å². The number of hydrogen-bond donors (Lipinski definition) is 1. The summed E-state index contributed by atoms with van der Waals surface area (Å²) in [6.45, 7) is 0. The Kier molecular flexibility index (Phi) is 2.36. The zero-order valence-electron chi connectivity index (χ0n) is 10.9. The van der Waals surface area contributed by atoms with Crippen LogP contribution >= 0.6 is 23.1 Å². The Morgan fingerprint density at radius 1 is 1.30 bits per heavy atom. The van der Waals surface area contributed by atoms with Crippen LogP contribution < -0.4 is 4.87 Å². The highest BCUT2D eigenvalue weighted by molar-refractivity contribution is 8.00. The van der Waals surface area contributed by atoms with Crippen molar-refractivity contribution in [3.8, 4) is 0 Å². The van der Waals surface area contributed by atoms with E-state index in [4.69, 9.17) is 4.42 Å². The van der Waals surface area contributed by atoms with Gasteiger partial charge in [-0.1, -0.05) is 11.3 Å². The first kappa shape index (κ1) is 11.7. The van der Waals surface area contributed by atoms with E-state index in [1.165, 1.54) is 35.5 Å². The molecule has 2 saturated carbocycles. The van der Waals surface area contributed by atoms with Crippen LogP contribution in [0.3, 0.4) is 0 Å². The molecule has 3 heterocycles. The van der Waals surface area contributed by atoms with E-state index in [2.05, 4.69) is 11.1 Å². The number of nitrogens with one attached hydrogen (secondary N) is 1. The molecule has 1 N–H and O–H groups in total. The Labute approximate surface area is 124 Å². The molecule has 0 radical (unpaired) electrons. The fourth-order valence-electron chi connectivity index (χ4n) is 4.64. The van der Waals surface area contributed by atoms with Gasteiger partial charge in [-0.15, -0.1) is 11.8 Å². The number of thioether (sulfide) groups is 1. The molecule has 0 saturated heterocycles. The standard InChI is InChI=1S/C15H15NO2S2/c17-15-16-14-13(20-15)11(9-2-1-5-18-9)10-7-3-4-8(6-7)12(10)19-14/h1-2,5,7-8,10-12H,3-4,6H2,(H,16,17)/t7-,8+,10+,11+,12+/m1/s1.